The van der Waals surface area contributed by atoms with Crippen molar-refractivity contribution in [1.82, 2.24) is 0 Å². The monoisotopic (exact) mass is 221 g/mol. The summed E-state index contributed by atoms with van der Waals surface area (Å²) >= 11 is 0. The van der Waals surface area contributed by atoms with Crippen LogP contribution in [0.5, 0.6) is 0 Å². The number of Topliss-reactive ketones (excluding diaryl/α,β-unsaturated/α-hetero) is 1. The van der Waals surface area contributed by atoms with Crippen LogP contribution in [0.25, 0.3) is 0 Å². The van der Waals surface area contributed by atoms with Crippen LogP contribution in [0.3, 0.4) is 0 Å². The molecule has 0 saturated heterocycles. The minimum atomic E-state index is -0.774. The summed E-state index contributed by atoms with van der Waals surface area (Å²) in [6.45, 7) is 2.87. The Morgan fingerprint density at radius 2 is 1.81 bits per heavy atom. The van der Waals surface area contributed by atoms with E-state index in [1.165, 1.54) is 13.8 Å². The number of anilines is 1. The molecule has 0 bridgehead atoms. The standard InChI is InChI=1S/C12H15NO3/c1-8(14)7-12(16)10-3-5-11(6-4-10)13-9(2)15/h3-6,12,16H,7H2,1-2H3,(H,13,15). The highest BCUT2D eigenvalue weighted by Crippen LogP contribution is 2.19. The quantitative estimate of drug-likeness (QED) is 0.812. The maximum Gasteiger partial charge on any atom is 0.221 e. The van der Waals surface area contributed by atoms with Crippen molar-refractivity contribution in [3.8, 4) is 0 Å². The molecule has 0 fully saturated rings. The first-order valence-corrected chi connectivity index (χ1v) is 5.04. The minimum absolute atomic E-state index is 0.0570. The van der Waals surface area contributed by atoms with Crippen LogP contribution < -0.4 is 5.32 Å². The lowest BCUT2D eigenvalue weighted by atomic mass is 10.0. The van der Waals surface area contributed by atoms with Crippen LogP contribution in [0.4, 0.5) is 5.69 Å². The van der Waals surface area contributed by atoms with Crippen LogP contribution in [0.15, 0.2) is 24.3 Å². The van der Waals surface area contributed by atoms with Gasteiger partial charge in [0.25, 0.3) is 0 Å². The third-order valence-corrected chi connectivity index (χ3v) is 2.10. The molecular weight excluding hydrogens is 206 g/mol. The van der Waals surface area contributed by atoms with Crippen molar-refractivity contribution < 1.29 is 14.7 Å². The second-order valence-electron chi connectivity index (χ2n) is 3.73. The number of aliphatic hydroxyl groups excluding tert-OH is 1. The van der Waals surface area contributed by atoms with Crippen molar-refractivity contribution >= 4 is 17.4 Å². The number of hydrogen-bond donors (Lipinski definition) is 2. The van der Waals surface area contributed by atoms with Gasteiger partial charge < -0.3 is 10.4 Å². The van der Waals surface area contributed by atoms with E-state index in [1.54, 1.807) is 24.3 Å². The van der Waals surface area contributed by atoms with Crippen LogP contribution in [-0.4, -0.2) is 16.8 Å². The van der Waals surface area contributed by atoms with E-state index in [0.29, 0.717) is 11.3 Å². The Bertz CT molecular complexity index is 384. The molecule has 1 atom stereocenters. The van der Waals surface area contributed by atoms with Crippen molar-refractivity contribution in [3.63, 3.8) is 0 Å². The Morgan fingerprint density at radius 1 is 1.25 bits per heavy atom. The van der Waals surface area contributed by atoms with Gasteiger partial charge in [-0.2, -0.15) is 0 Å². The van der Waals surface area contributed by atoms with Gasteiger partial charge in [-0.05, 0) is 24.6 Å². The highest BCUT2D eigenvalue weighted by molar-refractivity contribution is 5.88. The Morgan fingerprint density at radius 3 is 2.25 bits per heavy atom. The summed E-state index contributed by atoms with van der Waals surface area (Å²) in [5.41, 5.74) is 1.34. The summed E-state index contributed by atoms with van der Waals surface area (Å²) in [5, 5.41) is 12.3. The zero-order chi connectivity index (χ0) is 12.1. The number of hydrogen-bond acceptors (Lipinski definition) is 3. The summed E-state index contributed by atoms with van der Waals surface area (Å²) < 4.78 is 0. The molecule has 4 heteroatoms. The fourth-order valence-corrected chi connectivity index (χ4v) is 1.38. The van der Waals surface area contributed by atoms with E-state index in [0.717, 1.165) is 0 Å². The van der Waals surface area contributed by atoms with E-state index < -0.39 is 6.10 Å². The first-order chi connectivity index (χ1) is 7.49. The third kappa shape index (κ3) is 3.82. The highest BCUT2D eigenvalue weighted by Gasteiger charge is 2.09. The molecule has 1 rings (SSSR count). The lowest BCUT2D eigenvalue weighted by Gasteiger charge is -2.09. The van der Waals surface area contributed by atoms with Gasteiger partial charge in [0, 0.05) is 19.0 Å². The molecule has 0 aliphatic rings. The summed E-state index contributed by atoms with van der Waals surface area (Å²) in [4.78, 5) is 21.6. The van der Waals surface area contributed by atoms with Gasteiger partial charge in [-0.1, -0.05) is 12.1 Å². The maximum absolute atomic E-state index is 10.8. The van der Waals surface area contributed by atoms with Crippen LogP contribution in [0.2, 0.25) is 0 Å². The molecule has 1 aromatic rings. The van der Waals surface area contributed by atoms with Gasteiger partial charge in [-0.3, -0.25) is 9.59 Å². The average molecular weight is 221 g/mol. The van der Waals surface area contributed by atoms with Crippen LogP contribution >= 0.6 is 0 Å². The molecule has 16 heavy (non-hydrogen) atoms. The predicted octanol–water partition coefficient (Wildman–Crippen LogP) is 1.66. The molecule has 0 heterocycles. The Labute approximate surface area is 94.3 Å². The van der Waals surface area contributed by atoms with Gasteiger partial charge >= 0.3 is 0 Å². The molecule has 1 aromatic carbocycles. The number of carbonyl (C=O) groups excluding carboxylic acids is 2. The Kier molecular flexibility index (Phi) is 4.19. The number of nitrogens with one attached hydrogen (secondary N) is 1. The molecule has 4 nitrogen and oxygen atoms in total. The zero-order valence-electron chi connectivity index (χ0n) is 9.36. The molecule has 0 aromatic heterocycles. The fraction of sp³-hybridized carbons (Fsp3) is 0.333. The van der Waals surface area contributed by atoms with E-state index >= 15 is 0 Å². The largest absolute Gasteiger partial charge is 0.388 e. The summed E-state index contributed by atoms with van der Waals surface area (Å²) in [6, 6.07) is 6.78. The zero-order valence-corrected chi connectivity index (χ0v) is 9.36. The van der Waals surface area contributed by atoms with Crippen molar-refractivity contribution in [2.75, 3.05) is 5.32 Å². The number of rotatable bonds is 4. The van der Waals surface area contributed by atoms with E-state index in [2.05, 4.69) is 5.32 Å². The molecule has 0 aliphatic carbocycles. The van der Waals surface area contributed by atoms with Gasteiger partial charge in [-0.15, -0.1) is 0 Å². The van der Waals surface area contributed by atoms with Crippen LogP contribution in [0, 0.1) is 0 Å². The molecule has 2 N–H and O–H groups in total. The Balaban J connectivity index is 2.70. The van der Waals surface area contributed by atoms with Crippen LogP contribution in [0.1, 0.15) is 31.9 Å². The Hall–Kier alpha value is -1.68. The first-order valence-electron chi connectivity index (χ1n) is 5.04. The third-order valence-electron chi connectivity index (χ3n) is 2.10. The fourth-order valence-electron chi connectivity index (χ4n) is 1.38. The number of amides is 1. The highest BCUT2D eigenvalue weighted by atomic mass is 16.3. The summed E-state index contributed by atoms with van der Waals surface area (Å²) in [6.07, 6.45) is -0.664. The van der Waals surface area contributed by atoms with Crippen molar-refractivity contribution in [2.24, 2.45) is 0 Å². The van der Waals surface area contributed by atoms with Gasteiger partial charge in [0.05, 0.1) is 6.10 Å². The lowest BCUT2D eigenvalue weighted by Crippen LogP contribution is -2.06. The number of benzene rings is 1. The number of carbonyl (C=O) groups is 2. The maximum atomic E-state index is 10.8. The molecule has 0 aliphatic heterocycles. The second-order valence-corrected chi connectivity index (χ2v) is 3.73. The summed E-state index contributed by atoms with van der Waals surface area (Å²) in [7, 11) is 0. The SMILES string of the molecule is CC(=O)CC(O)c1ccc(NC(C)=O)cc1. The van der Waals surface area contributed by atoms with E-state index in [9.17, 15) is 14.7 Å². The van der Waals surface area contributed by atoms with Gasteiger partial charge in [0.15, 0.2) is 0 Å². The minimum Gasteiger partial charge on any atom is -0.388 e. The predicted molar refractivity (Wildman–Crippen MR) is 61.0 cm³/mol. The van der Waals surface area contributed by atoms with Crippen molar-refractivity contribution in [2.45, 2.75) is 26.4 Å². The van der Waals surface area contributed by atoms with Gasteiger partial charge in [0.2, 0.25) is 5.91 Å². The average Bonchev–Trinajstić information content (AvgIpc) is 2.16. The molecule has 0 saturated carbocycles. The molecule has 0 radical (unpaired) electrons. The van der Waals surface area contributed by atoms with Gasteiger partial charge in [0.1, 0.15) is 5.78 Å². The topological polar surface area (TPSA) is 66.4 Å². The van der Waals surface area contributed by atoms with Crippen molar-refractivity contribution in [1.29, 1.82) is 0 Å². The normalized spacial score (nSPS) is 11.9. The lowest BCUT2D eigenvalue weighted by molar-refractivity contribution is -0.119. The summed E-state index contributed by atoms with van der Waals surface area (Å²) in [5.74, 6) is -0.199. The second kappa shape index (κ2) is 5.42. The number of aliphatic hydroxyl groups is 1. The molecule has 0 spiro atoms. The van der Waals surface area contributed by atoms with Gasteiger partial charge in [-0.25, -0.2) is 0 Å². The molecule has 1 amide bonds. The molecular formula is C12H15NO3. The van der Waals surface area contributed by atoms with Crippen molar-refractivity contribution in [3.05, 3.63) is 29.8 Å². The first kappa shape index (κ1) is 12.4. The van der Waals surface area contributed by atoms with E-state index in [4.69, 9.17) is 0 Å². The van der Waals surface area contributed by atoms with Crippen LogP contribution in [-0.2, 0) is 9.59 Å². The molecule has 1 unspecified atom stereocenters. The molecule has 86 valence electrons. The van der Waals surface area contributed by atoms with E-state index in [-0.39, 0.29) is 18.1 Å². The van der Waals surface area contributed by atoms with E-state index in [1.807, 2.05) is 0 Å². The number of ketones is 1. The smallest absolute Gasteiger partial charge is 0.221 e.